The predicted molar refractivity (Wildman–Crippen MR) is 475 cm³/mol. The smallest absolute Gasteiger partial charge is 0.312 e. The van der Waals surface area contributed by atoms with Gasteiger partial charge in [-0.05, 0) is 211 Å². The molecular formula is C62H100O7S27. The number of carbonyl (C=O) groups is 2. The number of aliphatic carboxylic acids is 2. The highest BCUT2D eigenvalue weighted by molar-refractivity contribution is 8.77. The third-order valence-electron chi connectivity index (χ3n) is 27.5. The van der Waals surface area contributed by atoms with Crippen LogP contribution in [0.15, 0.2) is 23.3 Å². The second-order valence-electron chi connectivity index (χ2n) is 32.5. The fraction of sp³-hybridized carbons (Fsp3) is 0.903. The van der Waals surface area contributed by atoms with Crippen molar-refractivity contribution in [3.05, 3.63) is 23.3 Å². The van der Waals surface area contributed by atoms with E-state index in [0.717, 1.165) is 88.9 Å². The molecule has 8 fully saturated rings. The molecule has 8 saturated carbocycles. The molecule has 0 radical (unpaired) electrons. The summed E-state index contributed by atoms with van der Waals surface area (Å²) in [6.07, 6.45) is 21.6. The zero-order chi connectivity index (χ0) is 71.2. The van der Waals surface area contributed by atoms with Gasteiger partial charge in [0.1, 0.15) is 10.8 Å². The van der Waals surface area contributed by atoms with Crippen LogP contribution >= 0.6 is 0 Å². The molecule has 18 atom stereocenters. The second kappa shape index (κ2) is 36.4. The van der Waals surface area contributed by atoms with Gasteiger partial charge in [0.25, 0.3) is 0 Å². The lowest BCUT2D eigenvalue weighted by atomic mass is 9.33. The standard InChI is InChI=1S/C32H52O3.C30H48O4.S14.S13/c1-20-12-14-29(6)23(28(20,4)5)13-15-30(7)24(29)11-10-21-22-18-27(2,3)16-17-32(22,26(33)34)25(35-9)19-31(21,30)8;1-25(2)14-15-30(24(33)34)19(16-25)18-8-9-21-27(5)12-11-22(31)26(3,4)20(27)10-13-28(21,6)29(18,7)17-23(30)32;1-3-5-7-9-11-13-14-12-10-8-6-4-2;1-3-5-7-9-11-13-12-10-8-6-4-2/h10,20,22-25H,11-19H2,1-9H3,(H,33,34);8,19-23,31-32H,9-17H2,1-7H3,(H,33,34);;/t20-,22?,23-,24?,25?,29?,30-,31+,32+;19?,20-,21?,22-,23?,27?,28-,29+,30+;;/m00../s1. The molecule has 0 saturated heterocycles. The van der Waals surface area contributed by atoms with Crippen LogP contribution < -0.4 is 0 Å². The molecule has 4 N–H and O–H groups in total. The fourth-order valence-corrected chi connectivity index (χ4v) is 74.2. The minimum absolute atomic E-state index is 0.00514. The summed E-state index contributed by atoms with van der Waals surface area (Å²) in [5.74, 6) is 1.75. The summed E-state index contributed by atoms with van der Waals surface area (Å²) in [5, 5.41) is 43.8. The molecule has 0 aromatic rings. The maximum absolute atomic E-state index is 13.1. The van der Waals surface area contributed by atoms with E-state index in [2.05, 4.69) is 116 Å². The van der Waals surface area contributed by atoms with Crippen molar-refractivity contribution in [2.75, 3.05) is 7.11 Å². The summed E-state index contributed by atoms with van der Waals surface area (Å²) in [5.41, 5.74) is 2.09. The molecule has 8 unspecified atom stereocenters. The Hall–Kier alpha value is 4.24. The molecule has 0 heterocycles. The van der Waals surface area contributed by atoms with E-state index in [1.165, 1.54) is 72.4 Å². The van der Waals surface area contributed by atoms with E-state index in [1.54, 1.807) is 176 Å². The summed E-state index contributed by atoms with van der Waals surface area (Å²) in [4.78, 5) is 25.9. The number of ether oxygens (including phenoxy) is 1. The molecule has 0 spiro atoms. The van der Waals surface area contributed by atoms with E-state index in [-0.39, 0.29) is 67.4 Å². The van der Waals surface area contributed by atoms with Crippen LogP contribution in [0.25, 0.3) is 0 Å². The first-order valence-electron chi connectivity index (χ1n) is 32.6. The molecule has 0 aliphatic heterocycles. The van der Waals surface area contributed by atoms with E-state index in [9.17, 15) is 30.0 Å². The number of fused-ring (bicyclic) bond motifs is 14. The van der Waals surface area contributed by atoms with Gasteiger partial charge in [0.15, 0.2) is 0 Å². The Morgan fingerprint density at radius 1 is 0.417 bits per heavy atom. The zero-order valence-electron chi connectivity index (χ0n) is 57.7. The van der Waals surface area contributed by atoms with Gasteiger partial charge >= 0.3 is 11.9 Å². The van der Waals surface area contributed by atoms with Crippen LogP contribution in [0.1, 0.15) is 219 Å². The number of hydrogen-bond acceptors (Lipinski definition) is 9. The van der Waals surface area contributed by atoms with Crippen molar-refractivity contribution in [3.63, 3.8) is 0 Å². The minimum Gasteiger partial charge on any atom is -0.481 e. The van der Waals surface area contributed by atoms with Gasteiger partial charge in [-0.2, -0.15) is 0 Å². The van der Waals surface area contributed by atoms with Gasteiger partial charge in [-0.1, -0.05) is 127 Å². The highest BCUT2D eigenvalue weighted by Crippen LogP contribution is 2.78. The Bertz CT molecular complexity index is 4070. The summed E-state index contributed by atoms with van der Waals surface area (Å²) in [7, 11) is 39.8. The van der Waals surface area contributed by atoms with E-state index in [1.807, 2.05) is 0 Å². The van der Waals surface area contributed by atoms with Crippen LogP contribution in [0.2, 0.25) is 0 Å². The number of aliphatic hydroxyl groups is 2. The lowest BCUT2D eigenvalue weighted by Gasteiger charge is -2.72. The highest BCUT2D eigenvalue weighted by atomic mass is 33.5. The molecule has 10 aliphatic carbocycles. The monoisotopic (exact) mass is 1820 g/mol. The van der Waals surface area contributed by atoms with E-state index in [0.29, 0.717) is 41.4 Å². The quantitative estimate of drug-likeness (QED) is 0.202. The number of hydrogen-bond donors (Lipinski definition) is 4. The van der Waals surface area contributed by atoms with Crippen molar-refractivity contribution < 1.29 is 34.8 Å². The van der Waals surface area contributed by atoms with Crippen LogP contribution in [0.3, 0.4) is 0 Å². The van der Waals surface area contributed by atoms with E-state index in [4.69, 9.17) is 49.5 Å². The Kier molecular flexibility index (Phi) is 33.2. The first-order chi connectivity index (χ1) is 45.0. The molecular weight excluding hydrogens is 1720 g/mol. The van der Waals surface area contributed by atoms with Gasteiger partial charge in [0.2, 0.25) is 0 Å². The van der Waals surface area contributed by atoms with Crippen molar-refractivity contribution in [2.24, 2.45) is 106 Å². The van der Waals surface area contributed by atoms with Gasteiger partial charge in [-0.3, -0.25) is 9.59 Å². The van der Waals surface area contributed by atoms with Gasteiger partial charge in [0, 0.05) is 256 Å². The number of carboxylic acids is 2. The lowest BCUT2D eigenvalue weighted by Crippen LogP contribution is -2.67. The van der Waals surface area contributed by atoms with E-state index >= 15 is 0 Å². The zero-order valence-corrected chi connectivity index (χ0v) is 79.7. The van der Waals surface area contributed by atoms with Crippen LogP contribution in [-0.4, -0.2) is 57.8 Å². The van der Waals surface area contributed by atoms with Crippen molar-refractivity contribution in [2.45, 2.75) is 238 Å². The average molecular weight is 1820 g/mol. The van der Waals surface area contributed by atoms with Gasteiger partial charge in [-0.15, -0.1) is 0 Å². The van der Waals surface area contributed by atoms with Crippen LogP contribution in [0, 0.1) is 106 Å². The number of allylic oxidation sites excluding steroid dienone is 4. The Balaban J connectivity index is 0.000000198. The van der Waals surface area contributed by atoms with E-state index < -0.39 is 28.9 Å². The third-order valence-corrected chi connectivity index (χ3v) is 74.2. The first kappa shape index (κ1) is 87.5. The Morgan fingerprint density at radius 3 is 1.14 bits per heavy atom. The van der Waals surface area contributed by atoms with Crippen molar-refractivity contribution in [3.8, 4) is 0 Å². The molecule has 10 aliphatic rings. The predicted octanol–water partition coefficient (Wildman–Crippen LogP) is 14.3. The number of rotatable bonds is 3. The van der Waals surface area contributed by atoms with Crippen LogP contribution in [-0.2, 0) is 263 Å². The Labute approximate surface area is 660 Å². The lowest BCUT2D eigenvalue weighted by molar-refractivity contribution is -0.218. The average Bonchev–Trinajstić information content (AvgIpc) is 0.680. The largest absolute Gasteiger partial charge is 0.481 e. The van der Waals surface area contributed by atoms with Gasteiger partial charge in [0.05, 0.1) is 18.3 Å². The Morgan fingerprint density at radius 2 is 0.760 bits per heavy atom. The van der Waals surface area contributed by atoms with Crippen molar-refractivity contribution >= 4 is 261 Å². The molecule has 0 aromatic heterocycles. The normalized spacial score (nSPS) is 40.0. The third kappa shape index (κ3) is 17.7. The molecule has 96 heavy (non-hydrogen) atoms. The summed E-state index contributed by atoms with van der Waals surface area (Å²) in [6, 6.07) is 0. The summed E-state index contributed by atoms with van der Waals surface area (Å²) < 4.78 is 6.20. The van der Waals surface area contributed by atoms with Crippen molar-refractivity contribution in [1.29, 1.82) is 0 Å². The minimum atomic E-state index is -1.04. The molecule has 10 rings (SSSR count). The molecule has 34 heteroatoms. The second-order valence-corrected chi connectivity index (χ2v) is 73.2. The molecule has 552 valence electrons. The van der Waals surface area contributed by atoms with Crippen LogP contribution in [0.5, 0.6) is 0 Å². The molecule has 0 amide bonds. The number of carboxylic acid groups (broad SMARTS) is 2. The van der Waals surface area contributed by atoms with Gasteiger partial charge < -0.3 is 25.2 Å². The van der Waals surface area contributed by atoms with Crippen molar-refractivity contribution in [1.82, 2.24) is 0 Å². The molecule has 0 aromatic carbocycles. The highest BCUT2D eigenvalue weighted by Gasteiger charge is 2.74. The molecule has 7 nitrogen and oxygen atoms in total. The molecule has 0 bridgehead atoms. The SMILES string of the molecule is CC1(C)CC[C@]2(C(=O)O)C(O)C[C@]3(C)C(=CCC4C5(C)CC[C@H](O)C(C)(C)[C@@H]5CC[C@@]43C)C2C1.COC1C[C@]2(C)C(=CCC3C4(C)CC[C@H](C)C(C)(C)[C@@H]4CC[C@@]32C)C2CC(C)(C)CC[C@]12C(=O)O.S=S=S=S=S=S=S=S=S=S=S=S=S.S=S=S=S=S=S=S=S=S=S=S=S=S=S. The number of methoxy groups -OCH3 is 1. The maximum atomic E-state index is 13.1. The maximum Gasteiger partial charge on any atom is 0.312 e. The first-order valence-corrected chi connectivity index (χ1v) is 65.9. The topological polar surface area (TPSA) is 124 Å². The fourth-order valence-electron chi connectivity index (χ4n) is 22.1. The summed E-state index contributed by atoms with van der Waals surface area (Å²) in [6.45, 7) is 36.4. The van der Waals surface area contributed by atoms with Crippen LogP contribution in [0.4, 0.5) is 0 Å². The summed E-state index contributed by atoms with van der Waals surface area (Å²) >= 11 is 18.8. The number of aliphatic hydroxyl groups excluding tert-OH is 2. The van der Waals surface area contributed by atoms with Gasteiger partial charge in [-0.25, -0.2) is 0 Å².